The second kappa shape index (κ2) is 8.68. The SMILES string of the molecule is Cc1nc2cc(-c3cccc(F)c3)nn2c(C)c1CCC(=O)N[C@H](C)c1ccccc1. The highest BCUT2D eigenvalue weighted by Crippen LogP contribution is 2.23. The smallest absolute Gasteiger partial charge is 0.220 e. The zero-order chi connectivity index (χ0) is 22.0. The first-order valence-corrected chi connectivity index (χ1v) is 10.4. The second-order valence-electron chi connectivity index (χ2n) is 7.77. The van der Waals surface area contributed by atoms with Crippen LogP contribution >= 0.6 is 0 Å². The van der Waals surface area contributed by atoms with Crippen LogP contribution in [0.1, 0.15) is 41.9 Å². The number of nitrogens with one attached hydrogen (secondary N) is 1. The molecular formula is C25H25FN4O. The average molecular weight is 417 g/mol. The first kappa shape index (κ1) is 20.7. The number of carbonyl (C=O) groups excluding carboxylic acids is 1. The van der Waals surface area contributed by atoms with Gasteiger partial charge in [-0.2, -0.15) is 5.10 Å². The molecule has 6 heteroatoms. The van der Waals surface area contributed by atoms with Crippen molar-refractivity contribution in [1.29, 1.82) is 0 Å². The van der Waals surface area contributed by atoms with E-state index in [9.17, 15) is 9.18 Å². The minimum atomic E-state index is -0.299. The monoisotopic (exact) mass is 416 g/mol. The van der Waals surface area contributed by atoms with Gasteiger partial charge < -0.3 is 5.32 Å². The Kier molecular flexibility index (Phi) is 5.80. The topological polar surface area (TPSA) is 59.3 Å². The lowest BCUT2D eigenvalue weighted by Crippen LogP contribution is -2.27. The molecule has 0 saturated heterocycles. The van der Waals surface area contributed by atoms with Crippen LogP contribution in [0.5, 0.6) is 0 Å². The molecule has 1 atom stereocenters. The molecule has 0 aliphatic heterocycles. The number of rotatable bonds is 6. The normalized spacial score (nSPS) is 12.1. The Labute approximate surface area is 181 Å². The van der Waals surface area contributed by atoms with E-state index in [4.69, 9.17) is 0 Å². The summed E-state index contributed by atoms with van der Waals surface area (Å²) in [5, 5.41) is 7.68. The van der Waals surface area contributed by atoms with E-state index in [-0.39, 0.29) is 17.8 Å². The highest BCUT2D eigenvalue weighted by atomic mass is 19.1. The quantitative estimate of drug-likeness (QED) is 0.483. The maximum Gasteiger partial charge on any atom is 0.220 e. The second-order valence-corrected chi connectivity index (χ2v) is 7.77. The van der Waals surface area contributed by atoms with Crippen LogP contribution in [0.2, 0.25) is 0 Å². The Bertz CT molecular complexity index is 1230. The number of benzene rings is 2. The number of aromatic nitrogens is 3. The van der Waals surface area contributed by atoms with Crippen LogP contribution in [-0.2, 0) is 11.2 Å². The number of halogens is 1. The summed E-state index contributed by atoms with van der Waals surface area (Å²) in [6, 6.07) is 18.1. The minimum absolute atomic E-state index is 0.00355. The van der Waals surface area contributed by atoms with Crippen LogP contribution in [0.3, 0.4) is 0 Å². The molecule has 0 fully saturated rings. The van der Waals surface area contributed by atoms with E-state index in [0.29, 0.717) is 29.7 Å². The molecule has 31 heavy (non-hydrogen) atoms. The maximum absolute atomic E-state index is 13.6. The van der Waals surface area contributed by atoms with E-state index in [1.54, 1.807) is 10.6 Å². The van der Waals surface area contributed by atoms with Crippen LogP contribution in [0, 0.1) is 19.7 Å². The zero-order valence-corrected chi connectivity index (χ0v) is 17.9. The molecule has 158 valence electrons. The number of hydrogen-bond donors (Lipinski definition) is 1. The van der Waals surface area contributed by atoms with E-state index < -0.39 is 0 Å². The third kappa shape index (κ3) is 4.48. The number of nitrogens with zero attached hydrogens (tertiary/aromatic N) is 3. The van der Waals surface area contributed by atoms with Gasteiger partial charge in [0.05, 0.1) is 11.7 Å². The molecule has 2 aromatic heterocycles. The Hall–Kier alpha value is -3.54. The predicted octanol–water partition coefficient (Wildman–Crippen LogP) is 4.96. The van der Waals surface area contributed by atoms with Crippen molar-refractivity contribution in [1.82, 2.24) is 19.9 Å². The fourth-order valence-corrected chi connectivity index (χ4v) is 3.85. The molecule has 2 heterocycles. The number of carbonyl (C=O) groups is 1. The standard InChI is InChI=1S/C25H25FN4O/c1-16(19-8-5-4-6-9-19)28-25(31)13-12-22-17(2)27-24-15-23(29-30(24)18(22)3)20-10-7-11-21(26)14-20/h4-11,14-16H,12-13H2,1-3H3,(H,28,31)/t16-/m1/s1. The van der Waals surface area contributed by atoms with Gasteiger partial charge in [-0.05, 0) is 50.5 Å². The number of fused-ring (bicyclic) bond motifs is 1. The van der Waals surface area contributed by atoms with Gasteiger partial charge in [0.15, 0.2) is 5.65 Å². The Morgan fingerprint density at radius 1 is 1.10 bits per heavy atom. The Morgan fingerprint density at radius 3 is 2.61 bits per heavy atom. The van der Waals surface area contributed by atoms with Crippen molar-refractivity contribution in [2.45, 2.75) is 39.7 Å². The third-order valence-electron chi connectivity index (χ3n) is 5.56. The van der Waals surface area contributed by atoms with Crippen molar-refractivity contribution >= 4 is 11.6 Å². The van der Waals surface area contributed by atoms with Crippen LogP contribution in [0.4, 0.5) is 4.39 Å². The third-order valence-corrected chi connectivity index (χ3v) is 5.56. The molecule has 1 N–H and O–H groups in total. The van der Waals surface area contributed by atoms with E-state index in [0.717, 1.165) is 22.5 Å². The summed E-state index contributed by atoms with van der Waals surface area (Å²) >= 11 is 0. The lowest BCUT2D eigenvalue weighted by molar-refractivity contribution is -0.121. The molecule has 4 rings (SSSR count). The van der Waals surface area contributed by atoms with E-state index in [2.05, 4.69) is 15.4 Å². The Morgan fingerprint density at radius 2 is 1.87 bits per heavy atom. The Balaban J connectivity index is 1.52. The number of hydrogen-bond acceptors (Lipinski definition) is 3. The van der Waals surface area contributed by atoms with Gasteiger partial charge >= 0.3 is 0 Å². The number of aryl methyl sites for hydroxylation is 2. The summed E-state index contributed by atoms with van der Waals surface area (Å²) in [6.07, 6.45) is 0.938. The van der Waals surface area contributed by atoms with Crippen molar-refractivity contribution < 1.29 is 9.18 Å². The van der Waals surface area contributed by atoms with E-state index in [1.807, 2.05) is 63.2 Å². The molecule has 0 aliphatic rings. The van der Waals surface area contributed by atoms with Gasteiger partial charge in [-0.3, -0.25) is 4.79 Å². The highest BCUT2D eigenvalue weighted by molar-refractivity contribution is 5.76. The fraction of sp³-hybridized carbons (Fsp3) is 0.240. The van der Waals surface area contributed by atoms with E-state index in [1.165, 1.54) is 12.1 Å². The molecule has 2 aromatic carbocycles. The average Bonchev–Trinajstić information content (AvgIpc) is 3.18. The largest absolute Gasteiger partial charge is 0.350 e. The summed E-state index contributed by atoms with van der Waals surface area (Å²) in [4.78, 5) is 17.2. The predicted molar refractivity (Wildman–Crippen MR) is 119 cm³/mol. The van der Waals surface area contributed by atoms with Gasteiger partial charge in [0.2, 0.25) is 5.91 Å². The summed E-state index contributed by atoms with van der Waals surface area (Å²) in [5.74, 6) is -0.303. The molecule has 4 aromatic rings. The molecular weight excluding hydrogens is 391 g/mol. The van der Waals surface area contributed by atoms with Crippen molar-refractivity contribution in [2.24, 2.45) is 0 Å². The van der Waals surface area contributed by atoms with Crippen LogP contribution in [0.15, 0.2) is 60.7 Å². The highest BCUT2D eigenvalue weighted by Gasteiger charge is 2.15. The molecule has 0 aliphatic carbocycles. The maximum atomic E-state index is 13.6. The lowest BCUT2D eigenvalue weighted by Gasteiger charge is -2.15. The molecule has 0 unspecified atom stereocenters. The molecule has 0 bridgehead atoms. The first-order valence-electron chi connectivity index (χ1n) is 10.4. The zero-order valence-electron chi connectivity index (χ0n) is 17.9. The van der Waals surface area contributed by atoms with Crippen LogP contribution in [0.25, 0.3) is 16.9 Å². The van der Waals surface area contributed by atoms with Crippen LogP contribution < -0.4 is 5.32 Å². The fourth-order valence-electron chi connectivity index (χ4n) is 3.85. The lowest BCUT2D eigenvalue weighted by atomic mass is 10.1. The van der Waals surface area contributed by atoms with E-state index >= 15 is 0 Å². The van der Waals surface area contributed by atoms with Gasteiger partial charge in [-0.15, -0.1) is 0 Å². The first-order chi connectivity index (χ1) is 14.9. The van der Waals surface area contributed by atoms with Gasteiger partial charge in [0, 0.05) is 29.4 Å². The molecule has 1 amide bonds. The summed E-state index contributed by atoms with van der Waals surface area (Å²) in [5.41, 5.74) is 5.98. The van der Waals surface area contributed by atoms with Gasteiger partial charge in [0.1, 0.15) is 5.82 Å². The molecule has 0 saturated carbocycles. The number of amides is 1. The summed E-state index contributed by atoms with van der Waals surface area (Å²) < 4.78 is 15.4. The van der Waals surface area contributed by atoms with Crippen molar-refractivity contribution in [3.8, 4) is 11.3 Å². The minimum Gasteiger partial charge on any atom is -0.350 e. The van der Waals surface area contributed by atoms with Gasteiger partial charge in [0.25, 0.3) is 0 Å². The van der Waals surface area contributed by atoms with Crippen LogP contribution in [-0.4, -0.2) is 20.5 Å². The molecule has 0 spiro atoms. The van der Waals surface area contributed by atoms with Gasteiger partial charge in [-0.1, -0.05) is 42.5 Å². The van der Waals surface area contributed by atoms with Crippen molar-refractivity contribution in [3.63, 3.8) is 0 Å². The van der Waals surface area contributed by atoms with Gasteiger partial charge in [-0.25, -0.2) is 13.9 Å². The molecule has 5 nitrogen and oxygen atoms in total. The molecule has 0 radical (unpaired) electrons. The van der Waals surface area contributed by atoms with Crippen molar-refractivity contribution in [2.75, 3.05) is 0 Å². The summed E-state index contributed by atoms with van der Waals surface area (Å²) in [7, 11) is 0. The van der Waals surface area contributed by atoms with Crippen molar-refractivity contribution in [3.05, 3.63) is 89.0 Å². The summed E-state index contributed by atoms with van der Waals surface area (Å²) in [6.45, 7) is 5.90.